The van der Waals surface area contributed by atoms with E-state index in [4.69, 9.17) is 9.84 Å². The number of aliphatic hydroxyl groups is 1. The number of rotatable bonds is 9. The summed E-state index contributed by atoms with van der Waals surface area (Å²) < 4.78 is 85.7. The molecule has 0 radical (unpaired) electrons. The van der Waals surface area contributed by atoms with Crippen LogP contribution in [0.3, 0.4) is 0 Å². The Bertz CT molecular complexity index is 734. The summed E-state index contributed by atoms with van der Waals surface area (Å²) in [5, 5.41) is 8.98. The van der Waals surface area contributed by atoms with Crippen LogP contribution in [-0.4, -0.2) is 53.5 Å². The van der Waals surface area contributed by atoms with Gasteiger partial charge in [-0.2, -0.15) is 26.3 Å². The first-order valence-corrected chi connectivity index (χ1v) is 10.9. The van der Waals surface area contributed by atoms with Crippen LogP contribution < -0.4 is 0 Å². The Morgan fingerprint density at radius 3 is 1.74 bits per heavy atom. The van der Waals surface area contributed by atoms with Crippen LogP contribution >= 0.6 is 0 Å². The van der Waals surface area contributed by atoms with E-state index in [9.17, 15) is 40.7 Å². The highest BCUT2D eigenvalue weighted by Crippen LogP contribution is 2.44. The van der Waals surface area contributed by atoms with Crippen molar-refractivity contribution in [2.45, 2.75) is 97.2 Å². The van der Waals surface area contributed by atoms with Gasteiger partial charge in [-0.3, -0.25) is 9.59 Å². The Morgan fingerprint density at radius 2 is 1.32 bits per heavy atom. The Kier molecular flexibility index (Phi) is 9.24. The van der Waals surface area contributed by atoms with Gasteiger partial charge in [0.2, 0.25) is 0 Å². The van der Waals surface area contributed by atoms with Crippen LogP contribution in [0.25, 0.3) is 0 Å². The summed E-state index contributed by atoms with van der Waals surface area (Å²) in [5.41, 5.74) is -7.03. The zero-order chi connectivity index (χ0) is 26.8. The lowest BCUT2D eigenvalue weighted by atomic mass is 9.68. The van der Waals surface area contributed by atoms with Crippen molar-refractivity contribution in [1.29, 1.82) is 0 Å². The summed E-state index contributed by atoms with van der Waals surface area (Å²) in [7, 11) is 0. The standard InChI is InChI=1S/C22H32F6O6/c1-6-18(2,3)16(30)34-15-9-7-13(8-10-15)19(4,5)11-14(29)12-33-17(31)20(32,21(23,24)25)22(26,27)28/h13,15,32H,6-12H2,1-5H3. The Morgan fingerprint density at radius 1 is 0.853 bits per heavy atom. The van der Waals surface area contributed by atoms with E-state index in [0.29, 0.717) is 32.1 Å². The number of carbonyl (C=O) groups is 3. The van der Waals surface area contributed by atoms with Crippen molar-refractivity contribution in [3.05, 3.63) is 0 Å². The van der Waals surface area contributed by atoms with E-state index in [2.05, 4.69) is 4.74 Å². The van der Waals surface area contributed by atoms with Crippen LogP contribution in [0.4, 0.5) is 26.3 Å². The van der Waals surface area contributed by atoms with Gasteiger partial charge in [-0.15, -0.1) is 0 Å². The van der Waals surface area contributed by atoms with E-state index in [1.165, 1.54) is 0 Å². The SMILES string of the molecule is CCC(C)(C)C(=O)OC1CCC(C(C)(C)CC(=O)COC(=O)C(O)(C(F)(F)F)C(F)(F)F)CC1. The average molecular weight is 506 g/mol. The van der Waals surface area contributed by atoms with Crippen LogP contribution in [0.1, 0.15) is 73.1 Å². The molecule has 1 aliphatic rings. The minimum Gasteiger partial charge on any atom is -0.462 e. The van der Waals surface area contributed by atoms with Crippen LogP contribution in [-0.2, 0) is 23.9 Å². The molecule has 6 nitrogen and oxygen atoms in total. The summed E-state index contributed by atoms with van der Waals surface area (Å²) in [6.07, 6.45) is -10.4. The van der Waals surface area contributed by atoms with Gasteiger partial charge >= 0.3 is 29.9 Å². The second-order valence-electron chi connectivity index (χ2n) is 10.1. The molecule has 0 heterocycles. The molecule has 0 aromatic carbocycles. The third kappa shape index (κ3) is 6.85. The Balaban J connectivity index is 2.66. The highest BCUT2D eigenvalue weighted by molar-refractivity contribution is 5.86. The van der Waals surface area contributed by atoms with Gasteiger partial charge < -0.3 is 14.6 Å². The minimum atomic E-state index is -6.38. The third-order valence-corrected chi connectivity index (χ3v) is 6.62. The number of carbonyl (C=O) groups excluding carboxylic acids is 3. The van der Waals surface area contributed by atoms with Gasteiger partial charge in [0.05, 0.1) is 5.41 Å². The molecule has 0 spiro atoms. The summed E-state index contributed by atoms with van der Waals surface area (Å²) >= 11 is 0. The molecule has 0 aromatic rings. The number of alkyl halides is 6. The van der Waals surface area contributed by atoms with Gasteiger partial charge in [0.15, 0.2) is 5.78 Å². The zero-order valence-corrected chi connectivity index (χ0v) is 19.9. The maximum absolute atomic E-state index is 12.7. The first-order chi connectivity index (χ1) is 15.2. The Labute approximate surface area is 194 Å². The molecule has 1 aliphatic carbocycles. The molecule has 0 atom stereocenters. The number of ether oxygens (including phenoxy) is 2. The van der Waals surface area contributed by atoms with Crippen molar-refractivity contribution in [2.75, 3.05) is 6.61 Å². The lowest BCUT2D eigenvalue weighted by molar-refractivity contribution is -0.356. The first-order valence-electron chi connectivity index (χ1n) is 10.9. The van der Waals surface area contributed by atoms with Gasteiger partial charge in [0.1, 0.15) is 12.7 Å². The largest absolute Gasteiger partial charge is 0.462 e. The quantitative estimate of drug-likeness (QED) is 0.353. The normalized spacial score (nSPS) is 20.6. The second-order valence-corrected chi connectivity index (χ2v) is 10.1. The fourth-order valence-corrected chi connectivity index (χ4v) is 3.76. The molecule has 0 bridgehead atoms. The predicted octanol–water partition coefficient (Wildman–Crippen LogP) is 4.91. The van der Waals surface area contributed by atoms with Crippen LogP contribution in [0.5, 0.6) is 0 Å². The number of hydrogen-bond acceptors (Lipinski definition) is 6. The summed E-state index contributed by atoms with van der Waals surface area (Å²) in [6.45, 7) is 7.54. The minimum absolute atomic E-state index is 0.0384. The van der Waals surface area contributed by atoms with Crippen molar-refractivity contribution in [2.24, 2.45) is 16.7 Å². The Hall–Kier alpha value is -1.85. The van der Waals surface area contributed by atoms with Crippen LogP contribution in [0.15, 0.2) is 0 Å². The fourth-order valence-electron chi connectivity index (χ4n) is 3.76. The maximum atomic E-state index is 12.7. The molecule has 0 aromatic heterocycles. The monoisotopic (exact) mass is 506 g/mol. The number of Topliss-reactive ketones (excluding diaryl/α,β-unsaturated/α-hetero) is 1. The molecule has 0 amide bonds. The van der Waals surface area contributed by atoms with Gasteiger partial charge in [-0.1, -0.05) is 20.8 Å². The average Bonchev–Trinajstić information content (AvgIpc) is 2.69. The van der Waals surface area contributed by atoms with Crippen molar-refractivity contribution in [3.8, 4) is 0 Å². The molecule has 0 aliphatic heterocycles. The van der Waals surface area contributed by atoms with Gasteiger partial charge in [-0.05, 0) is 57.3 Å². The van der Waals surface area contributed by atoms with Gasteiger partial charge in [0.25, 0.3) is 0 Å². The van der Waals surface area contributed by atoms with E-state index in [0.717, 1.165) is 0 Å². The lowest BCUT2D eigenvalue weighted by Gasteiger charge is -2.39. The molecule has 1 fully saturated rings. The van der Waals surface area contributed by atoms with E-state index in [-0.39, 0.29) is 24.4 Å². The molecule has 34 heavy (non-hydrogen) atoms. The van der Waals surface area contributed by atoms with Gasteiger partial charge in [-0.25, -0.2) is 4.79 Å². The van der Waals surface area contributed by atoms with Crippen molar-refractivity contribution < 1.29 is 55.3 Å². The summed E-state index contributed by atoms with van der Waals surface area (Å²) in [5.74, 6) is -4.23. The first kappa shape index (κ1) is 30.2. The molecule has 1 saturated carbocycles. The molecule has 0 saturated heterocycles. The van der Waals surface area contributed by atoms with Crippen molar-refractivity contribution in [3.63, 3.8) is 0 Å². The number of hydrogen-bond donors (Lipinski definition) is 1. The van der Waals surface area contributed by atoms with E-state index >= 15 is 0 Å². The van der Waals surface area contributed by atoms with Crippen molar-refractivity contribution >= 4 is 17.7 Å². The highest BCUT2D eigenvalue weighted by Gasteiger charge is 2.76. The van der Waals surface area contributed by atoms with Crippen LogP contribution in [0, 0.1) is 16.7 Å². The second kappa shape index (κ2) is 10.4. The fraction of sp³-hybridized carbons (Fsp3) is 0.864. The molecule has 198 valence electrons. The maximum Gasteiger partial charge on any atom is 0.437 e. The molecular weight excluding hydrogens is 474 g/mol. The molecule has 0 unspecified atom stereocenters. The predicted molar refractivity (Wildman–Crippen MR) is 107 cm³/mol. The number of esters is 2. The number of ketones is 1. The zero-order valence-electron chi connectivity index (χ0n) is 19.9. The van der Waals surface area contributed by atoms with Crippen LogP contribution in [0.2, 0.25) is 0 Å². The summed E-state index contributed by atoms with van der Waals surface area (Å²) in [6, 6.07) is 0. The molecule has 12 heteroatoms. The smallest absolute Gasteiger partial charge is 0.437 e. The number of halogens is 6. The van der Waals surface area contributed by atoms with E-state index < -0.39 is 47.1 Å². The topological polar surface area (TPSA) is 89.9 Å². The van der Waals surface area contributed by atoms with E-state index in [1.807, 2.05) is 6.92 Å². The van der Waals surface area contributed by atoms with E-state index in [1.54, 1.807) is 27.7 Å². The summed E-state index contributed by atoms with van der Waals surface area (Å²) in [4.78, 5) is 35.9. The third-order valence-electron chi connectivity index (χ3n) is 6.62. The lowest BCUT2D eigenvalue weighted by Crippen LogP contribution is -2.63. The molecule has 1 rings (SSSR count). The van der Waals surface area contributed by atoms with Crippen molar-refractivity contribution in [1.82, 2.24) is 0 Å². The highest BCUT2D eigenvalue weighted by atomic mass is 19.4. The molecular formula is C22H32F6O6. The van der Waals surface area contributed by atoms with Gasteiger partial charge in [0, 0.05) is 6.42 Å². The molecule has 1 N–H and O–H groups in total.